The van der Waals surface area contributed by atoms with E-state index in [1.165, 1.54) is 42.5 Å². The quantitative estimate of drug-likeness (QED) is 0.0345. The van der Waals surface area contributed by atoms with Crippen LogP contribution in [0, 0.1) is 17.8 Å². The molecule has 0 bridgehead atoms. The summed E-state index contributed by atoms with van der Waals surface area (Å²) in [6, 6.07) is -0.945. The molecular weight excluding hydrogens is 1060 g/mol. The fourth-order valence-corrected chi connectivity index (χ4v) is 9.50. The third-order valence-corrected chi connectivity index (χ3v) is 14.0. The Bertz CT molecular complexity index is 2710. The van der Waals surface area contributed by atoms with Crippen molar-refractivity contribution in [3.05, 3.63) is 90.5 Å². The van der Waals surface area contributed by atoms with Gasteiger partial charge in [0.05, 0.1) is 19.0 Å². The van der Waals surface area contributed by atoms with E-state index in [1.54, 1.807) is 71.9 Å². The van der Waals surface area contributed by atoms with Crippen LogP contribution in [0.4, 0.5) is 4.79 Å². The first-order chi connectivity index (χ1) is 38.8. The number of aromatic nitrogens is 6. The minimum absolute atomic E-state index is 0.000590. The van der Waals surface area contributed by atoms with Crippen LogP contribution >= 0.6 is 0 Å². The number of carbonyl (C=O) groups is 9. The molecule has 14 N–H and O–H groups in total. The highest BCUT2D eigenvalue weighted by Gasteiger charge is 2.41. The third kappa shape index (κ3) is 20.1. The largest absolute Gasteiger partial charge is 0.444 e. The van der Waals surface area contributed by atoms with Gasteiger partial charge in [-0.2, -0.15) is 0 Å². The zero-order chi connectivity index (χ0) is 60.3. The minimum Gasteiger partial charge on any atom is -0.444 e. The highest BCUT2D eigenvalue weighted by Crippen LogP contribution is 2.22. The zero-order valence-corrected chi connectivity index (χ0v) is 48.4. The molecule has 1 aliphatic rings. The van der Waals surface area contributed by atoms with Gasteiger partial charge in [-0.05, 0) is 63.4 Å². The Morgan fingerprint density at radius 3 is 1.73 bits per heavy atom. The zero-order valence-electron chi connectivity index (χ0n) is 48.4. The molecule has 5 rings (SSSR count). The van der Waals surface area contributed by atoms with Crippen molar-refractivity contribution in [2.24, 2.45) is 29.2 Å². The average molecular weight is 1140 g/mol. The average Bonchev–Trinajstić information content (AvgIpc) is 4.47. The van der Waals surface area contributed by atoms with Crippen LogP contribution < -0.4 is 48.7 Å². The molecule has 1 aliphatic heterocycles. The number of rotatable bonds is 30. The second-order valence-electron chi connectivity index (χ2n) is 22.8. The van der Waals surface area contributed by atoms with Crippen LogP contribution in [0.2, 0.25) is 0 Å². The van der Waals surface area contributed by atoms with E-state index in [-0.39, 0.29) is 51.0 Å². The lowest BCUT2D eigenvalue weighted by atomic mass is 9.94. The lowest BCUT2D eigenvalue weighted by molar-refractivity contribution is -0.141. The number of likely N-dealkylation sites (tertiary alicyclic amines) is 1. The predicted molar refractivity (Wildman–Crippen MR) is 302 cm³/mol. The molecule has 26 nitrogen and oxygen atoms in total. The van der Waals surface area contributed by atoms with E-state index < -0.39 is 125 Å². The SMILES string of the molecule is CC[C@H](C)[C@H](NC(=O)[C@@H](NC(=O)C[C@H](N)[C@H](CC(C)C)NC(=O)[C@H](Cc1cnc[nH]1)NC(=O)[C@H](Cc1ccccc1)NC(=O)[C@@H]1CCCN1C(=O)[C@H](Cc1cnc[nH]1)NC(=O)OC(C)(C)C)C(C)C)C(=O)N[C@@H](Cc1cnc[nH]1)C(N)=O. The first-order valence-corrected chi connectivity index (χ1v) is 27.9. The number of hydrogen-bond donors (Lipinski definition) is 12. The summed E-state index contributed by atoms with van der Waals surface area (Å²) >= 11 is 0. The third-order valence-electron chi connectivity index (χ3n) is 14.0. The molecule has 0 radical (unpaired) electrons. The maximum atomic E-state index is 14.7. The Labute approximate surface area is 478 Å². The summed E-state index contributed by atoms with van der Waals surface area (Å²) in [6.07, 6.45) is 9.14. The fraction of sp³-hybridized carbons (Fsp3) is 0.571. The molecule has 0 saturated carbocycles. The Morgan fingerprint density at radius 1 is 0.671 bits per heavy atom. The van der Waals surface area contributed by atoms with Crippen LogP contribution in [0.3, 0.4) is 0 Å². The maximum Gasteiger partial charge on any atom is 0.408 e. The van der Waals surface area contributed by atoms with Gasteiger partial charge in [-0.3, -0.25) is 38.4 Å². The molecule has 4 aromatic rings. The van der Waals surface area contributed by atoms with Gasteiger partial charge in [-0.1, -0.05) is 78.3 Å². The number of alkyl carbamates (subject to hydrolysis) is 1. The number of primary amides is 1. The highest BCUT2D eigenvalue weighted by molar-refractivity contribution is 5.97. The smallest absolute Gasteiger partial charge is 0.408 e. The predicted octanol–water partition coefficient (Wildman–Crippen LogP) is 0.871. The molecule has 4 heterocycles. The van der Waals surface area contributed by atoms with Crippen molar-refractivity contribution < 1.29 is 47.9 Å². The van der Waals surface area contributed by atoms with E-state index in [0.29, 0.717) is 41.9 Å². The minimum atomic E-state index is -1.28. The Balaban J connectivity index is 1.31. The first kappa shape index (κ1) is 64.7. The van der Waals surface area contributed by atoms with E-state index >= 15 is 0 Å². The summed E-state index contributed by atoms with van der Waals surface area (Å²) < 4.78 is 5.47. The van der Waals surface area contributed by atoms with Gasteiger partial charge < -0.3 is 73.3 Å². The van der Waals surface area contributed by atoms with Crippen molar-refractivity contribution in [2.75, 3.05) is 6.54 Å². The molecular formula is C56H84N16O10. The van der Waals surface area contributed by atoms with Gasteiger partial charge >= 0.3 is 6.09 Å². The number of nitrogens with two attached hydrogens (primary N) is 2. The summed E-state index contributed by atoms with van der Waals surface area (Å²) in [5.41, 5.74) is 13.8. The molecule has 448 valence electrons. The maximum absolute atomic E-state index is 14.7. The molecule has 1 saturated heterocycles. The van der Waals surface area contributed by atoms with Crippen LogP contribution in [0.5, 0.6) is 0 Å². The van der Waals surface area contributed by atoms with Gasteiger partial charge in [0.25, 0.3) is 0 Å². The molecule has 82 heavy (non-hydrogen) atoms. The lowest BCUT2D eigenvalue weighted by Crippen LogP contribution is -2.60. The molecule has 9 amide bonds. The van der Waals surface area contributed by atoms with Crippen LogP contribution in [-0.2, 0) is 68.8 Å². The van der Waals surface area contributed by atoms with Crippen LogP contribution in [0.15, 0.2) is 67.9 Å². The van der Waals surface area contributed by atoms with Crippen molar-refractivity contribution in [2.45, 2.75) is 180 Å². The van der Waals surface area contributed by atoms with E-state index in [2.05, 4.69) is 67.1 Å². The standard InChI is InChI=1S/C56H84N16O10/c1-10-33(6)47(53(79)66-40(48(58)74)21-35-25-59-28-62-35)71-52(78)46(32(4)5)70-45(73)24-38(57)39(19-31(2)3)65-50(76)42(22-36-26-60-29-63-36)67-49(75)41(20-34-15-12-11-13-16-34)68-51(77)44-17-14-18-72(44)54(80)43(23-37-27-61-30-64-37)69-55(81)82-56(7,8)9/h11-13,15-16,25-33,38-44,46-47H,10,14,17-24,57H2,1-9H3,(H2,58,74)(H,59,62)(H,60,63)(H,61,64)(H,65,76)(H,66,79)(H,67,75)(H,68,77)(H,69,81)(H,70,73)(H,71,78)/t33-,38-,39-,40-,41-,42-,43-,44-,46-,47-/m0/s1. The molecule has 0 aliphatic carbocycles. The van der Waals surface area contributed by atoms with Gasteiger partial charge in [0.1, 0.15) is 47.9 Å². The van der Waals surface area contributed by atoms with Crippen molar-refractivity contribution in [1.82, 2.24) is 72.0 Å². The Hall–Kier alpha value is -8.16. The van der Waals surface area contributed by atoms with Crippen molar-refractivity contribution in [3.8, 4) is 0 Å². The van der Waals surface area contributed by atoms with Crippen molar-refractivity contribution in [3.63, 3.8) is 0 Å². The van der Waals surface area contributed by atoms with Crippen LogP contribution in [-0.4, -0.2) is 155 Å². The van der Waals surface area contributed by atoms with Gasteiger partial charge in [0.2, 0.25) is 47.3 Å². The Morgan fingerprint density at radius 2 is 1.21 bits per heavy atom. The number of hydrogen-bond acceptors (Lipinski definition) is 14. The number of amides is 9. The Kier molecular flexibility index (Phi) is 24.1. The molecule has 1 aromatic carbocycles. The topological polar surface area (TPSA) is 388 Å². The molecule has 10 atom stereocenters. The second kappa shape index (κ2) is 30.6. The summed E-state index contributed by atoms with van der Waals surface area (Å²) in [5, 5.41) is 19.6. The normalized spacial score (nSPS) is 16.7. The summed E-state index contributed by atoms with van der Waals surface area (Å²) in [7, 11) is 0. The van der Waals surface area contributed by atoms with E-state index in [9.17, 15) is 43.2 Å². The highest BCUT2D eigenvalue weighted by atomic mass is 16.6. The number of H-pyrrole nitrogens is 3. The number of ether oxygens (including phenoxy) is 1. The van der Waals surface area contributed by atoms with E-state index in [1.807, 2.05) is 20.8 Å². The number of imidazole rings is 3. The molecule has 0 unspecified atom stereocenters. The van der Waals surface area contributed by atoms with E-state index in [4.69, 9.17) is 16.2 Å². The van der Waals surface area contributed by atoms with E-state index in [0.717, 1.165) is 0 Å². The monoisotopic (exact) mass is 1140 g/mol. The summed E-state index contributed by atoms with van der Waals surface area (Å²) in [5.74, 6) is -6.12. The number of carbonyl (C=O) groups excluding carboxylic acids is 9. The molecule has 0 spiro atoms. The number of nitrogens with zero attached hydrogens (tertiary/aromatic N) is 4. The van der Waals surface area contributed by atoms with Gasteiger partial charge in [-0.25, -0.2) is 19.7 Å². The second-order valence-corrected chi connectivity index (χ2v) is 22.8. The molecule has 1 fully saturated rings. The van der Waals surface area contributed by atoms with Crippen LogP contribution in [0.25, 0.3) is 0 Å². The summed E-state index contributed by atoms with van der Waals surface area (Å²) in [6.45, 7) is 16.1. The lowest BCUT2D eigenvalue weighted by Gasteiger charge is -2.31. The van der Waals surface area contributed by atoms with Gasteiger partial charge in [-0.15, -0.1) is 0 Å². The number of benzene rings is 1. The van der Waals surface area contributed by atoms with Crippen molar-refractivity contribution >= 4 is 53.4 Å². The molecule has 26 heteroatoms. The number of aromatic amines is 3. The summed E-state index contributed by atoms with van der Waals surface area (Å²) in [4.78, 5) is 147. The fourth-order valence-electron chi connectivity index (χ4n) is 9.50. The molecule has 3 aromatic heterocycles. The first-order valence-electron chi connectivity index (χ1n) is 27.9. The number of nitrogens with one attached hydrogen (secondary N) is 10. The van der Waals surface area contributed by atoms with Gasteiger partial charge in [0.15, 0.2) is 0 Å². The van der Waals surface area contributed by atoms with Crippen molar-refractivity contribution in [1.29, 1.82) is 0 Å². The van der Waals surface area contributed by atoms with Crippen LogP contribution in [0.1, 0.15) is 117 Å². The van der Waals surface area contributed by atoms with Gasteiger partial charge in [0, 0.05) is 86.4 Å².